The fourth-order valence-corrected chi connectivity index (χ4v) is 1.32. The number of ether oxygens (including phenoxy) is 1. The molecule has 18 heavy (non-hydrogen) atoms. The Labute approximate surface area is 106 Å². The van der Waals surface area contributed by atoms with Crippen molar-refractivity contribution in [2.45, 2.75) is 32.8 Å². The fourth-order valence-electron chi connectivity index (χ4n) is 1.32. The van der Waals surface area contributed by atoms with Crippen LogP contribution in [0.1, 0.15) is 26.7 Å². The zero-order valence-corrected chi connectivity index (χ0v) is 10.7. The van der Waals surface area contributed by atoms with Crippen LogP contribution in [0.2, 0.25) is 0 Å². The Balaban J connectivity index is 2.38. The largest absolute Gasteiger partial charge is 0.396 e. The van der Waals surface area contributed by atoms with Crippen LogP contribution in [-0.2, 0) is 9.53 Å². The smallest absolute Gasteiger partial charge is 0.226 e. The number of nitrogens with two attached hydrogens (primary N) is 1. The molecule has 0 spiro atoms. The molecule has 3 N–H and O–H groups in total. The summed E-state index contributed by atoms with van der Waals surface area (Å²) >= 11 is 0. The van der Waals surface area contributed by atoms with Crippen molar-refractivity contribution in [3.05, 3.63) is 24.0 Å². The van der Waals surface area contributed by atoms with Crippen LogP contribution in [0, 0.1) is 5.82 Å². The Hall–Kier alpha value is -1.62. The lowest BCUT2D eigenvalue weighted by molar-refractivity contribution is -0.117. The molecule has 0 aliphatic rings. The maximum atomic E-state index is 12.9. The summed E-state index contributed by atoms with van der Waals surface area (Å²) in [5.74, 6) is -0.669. The number of halogens is 1. The molecule has 0 saturated carbocycles. The van der Waals surface area contributed by atoms with E-state index in [0.717, 1.165) is 6.42 Å². The zero-order valence-electron chi connectivity index (χ0n) is 10.7. The topological polar surface area (TPSA) is 64.3 Å². The Bertz CT molecular complexity index is 410. The fraction of sp³-hybridized carbons (Fsp3) is 0.462. The Morgan fingerprint density at radius 2 is 2.28 bits per heavy atom. The lowest BCUT2D eigenvalue weighted by Crippen LogP contribution is -2.16. The second kappa shape index (κ2) is 6.96. The number of benzene rings is 1. The average molecular weight is 254 g/mol. The number of anilines is 2. The number of carbonyl (C=O) groups is 1. The van der Waals surface area contributed by atoms with Gasteiger partial charge in [0.05, 0.1) is 24.8 Å². The molecular weight excluding hydrogens is 235 g/mol. The van der Waals surface area contributed by atoms with Crippen LogP contribution in [0.3, 0.4) is 0 Å². The molecule has 1 unspecified atom stereocenters. The first-order valence-electron chi connectivity index (χ1n) is 5.99. The minimum atomic E-state index is -0.492. The predicted octanol–water partition coefficient (Wildman–Crippen LogP) is 2.55. The van der Waals surface area contributed by atoms with Gasteiger partial charge in [0.15, 0.2) is 0 Å². The number of amides is 1. The Morgan fingerprint density at radius 3 is 2.89 bits per heavy atom. The molecule has 0 aliphatic heterocycles. The molecular formula is C13H19FN2O2. The van der Waals surface area contributed by atoms with Gasteiger partial charge in [0.25, 0.3) is 0 Å². The summed E-state index contributed by atoms with van der Waals surface area (Å²) in [7, 11) is 0. The van der Waals surface area contributed by atoms with Crippen molar-refractivity contribution in [3.8, 4) is 0 Å². The minimum Gasteiger partial charge on any atom is -0.396 e. The van der Waals surface area contributed by atoms with Gasteiger partial charge in [-0.2, -0.15) is 0 Å². The summed E-state index contributed by atoms with van der Waals surface area (Å²) in [4.78, 5) is 11.6. The van der Waals surface area contributed by atoms with Crippen molar-refractivity contribution in [1.29, 1.82) is 0 Å². The second-order valence-electron chi connectivity index (χ2n) is 4.12. The van der Waals surface area contributed by atoms with E-state index in [-0.39, 0.29) is 24.1 Å². The van der Waals surface area contributed by atoms with E-state index in [1.54, 1.807) is 0 Å². The van der Waals surface area contributed by atoms with E-state index < -0.39 is 5.82 Å². The van der Waals surface area contributed by atoms with Crippen LogP contribution in [0.4, 0.5) is 15.8 Å². The highest BCUT2D eigenvalue weighted by molar-refractivity contribution is 5.91. The lowest BCUT2D eigenvalue weighted by Gasteiger charge is -2.10. The van der Waals surface area contributed by atoms with Crippen LogP contribution in [0.15, 0.2) is 18.2 Å². The van der Waals surface area contributed by atoms with Crippen molar-refractivity contribution in [2.24, 2.45) is 0 Å². The highest BCUT2D eigenvalue weighted by atomic mass is 19.1. The molecule has 0 fully saturated rings. The first-order chi connectivity index (χ1) is 8.52. The molecule has 0 saturated heterocycles. The van der Waals surface area contributed by atoms with Crippen molar-refractivity contribution >= 4 is 17.3 Å². The second-order valence-corrected chi connectivity index (χ2v) is 4.12. The van der Waals surface area contributed by atoms with E-state index in [0.29, 0.717) is 12.3 Å². The van der Waals surface area contributed by atoms with E-state index in [9.17, 15) is 9.18 Å². The standard InChI is InChI=1S/C13H19FN2O2/c1-3-9(2)18-7-6-13(17)16-10-4-5-11(14)12(15)8-10/h4-5,8-9H,3,6-7,15H2,1-2H3,(H,16,17). The molecule has 0 bridgehead atoms. The van der Waals surface area contributed by atoms with Crippen molar-refractivity contribution in [1.82, 2.24) is 0 Å². The Morgan fingerprint density at radius 1 is 1.56 bits per heavy atom. The highest BCUT2D eigenvalue weighted by Gasteiger charge is 2.06. The van der Waals surface area contributed by atoms with Crippen molar-refractivity contribution in [3.63, 3.8) is 0 Å². The molecule has 1 atom stereocenters. The van der Waals surface area contributed by atoms with Gasteiger partial charge in [0, 0.05) is 5.69 Å². The third-order valence-corrected chi connectivity index (χ3v) is 2.59. The van der Waals surface area contributed by atoms with Gasteiger partial charge in [-0.1, -0.05) is 6.92 Å². The molecule has 0 heterocycles. The third-order valence-electron chi connectivity index (χ3n) is 2.59. The van der Waals surface area contributed by atoms with Gasteiger partial charge in [-0.3, -0.25) is 4.79 Å². The Kier molecular flexibility index (Phi) is 5.58. The van der Waals surface area contributed by atoms with Gasteiger partial charge in [0.2, 0.25) is 5.91 Å². The summed E-state index contributed by atoms with van der Waals surface area (Å²) in [5.41, 5.74) is 5.91. The highest BCUT2D eigenvalue weighted by Crippen LogP contribution is 2.16. The first-order valence-corrected chi connectivity index (χ1v) is 5.99. The molecule has 0 aliphatic carbocycles. The normalized spacial score (nSPS) is 12.2. The van der Waals surface area contributed by atoms with Crippen LogP contribution in [0.25, 0.3) is 0 Å². The SMILES string of the molecule is CCC(C)OCCC(=O)Nc1ccc(F)c(N)c1. The molecule has 5 heteroatoms. The first kappa shape index (κ1) is 14.4. The summed E-state index contributed by atoms with van der Waals surface area (Å²) < 4.78 is 18.3. The quantitative estimate of drug-likeness (QED) is 0.767. The zero-order chi connectivity index (χ0) is 13.5. The van der Waals surface area contributed by atoms with Crippen molar-refractivity contribution in [2.75, 3.05) is 17.7 Å². The van der Waals surface area contributed by atoms with Crippen molar-refractivity contribution < 1.29 is 13.9 Å². The molecule has 1 aromatic rings. The molecule has 1 rings (SSSR count). The summed E-state index contributed by atoms with van der Waals surface area (Å²) in [6.07, 6.45) is 1.33. The third kappa shape index (κ3) is 4.71. The average Bonchev–Trinajstić information content (AvgIpc) is 2.33. The molecule has 4 nitrogen and oxygen atoms in total. The van der Waals surface area contributed by atoms with Gasteiger partial charge in [-0.05, 0) is 31.5 Å². The van der Waals surface area contributed by atoms with E-state index >= 15 is 0 Å². The number of nitrogens with one attached hydrogen (secondary N) is 1. The van der Waals surface area contributed by atoms with Gasteiger partial charge >= 0.3 is 0 Å². The van der Waals surface area contributed by atoms with E-state index in [4.69, 9.17) is 10.5 Å². The van der Waals surface area contributed by atoms with Gasteiger partial charge < -0.3 is 15.8 Å². The summed E-state index contributed by atoms with van der Waals surface area (Å²) in [5, 5.41) is 2.64. The summed E-state index contributed by atoms with van der Waals surface area (Å²) in [6.45, 7) is 4.35. The van der Waals surface area contributed by atoms with Gasteiger partial charge in [-0.15, -0.1) is 0 Å². The number of carbonyl (C=O) groups excluding carboxylic acids is 1. The molecule has 100 valence electrons. The maximum Gasteiger partial charge on any atom is 0.226 e. The van der Waals surface area contributed by atoms with Gasteiger partial charge in [0.1, 0.15) is 5.82 Å². The van der Waals surface area contributed by atoms with Gasteiger partial charge in [-0.25, -0.2) is 4.39 Å². The number of nitrogen functional groups attached to an aromatic ring is 1. The molecule has 1 aromatic carbocycles. The minimum absolute atomic E-state index is 0.0173. The predicted molar refractivity (Wildman–Crippen MR) is 69.8 cm³/mol. The van der Waals surface area contributed by atoms with Crippen LogP contribution < -0.4 is 11.1 Å². The lowest BCUT2D eigenvalue weighted by atomic mass is 10.2. The van der Waals surface area contributed by atoms with Crippen LogP contribution in [0.5, 0.6) is 0 Å². The monoisotopic (exact) mass is 254 g/mol. The van der Waals surface area contributed by atoms with E-state index in [1.165, 1.54) is 18.2 Å². The van der Waals surface area contributed by atoms with E-state index in [2.05, 4.69) is 5.32 Å². The van der Waals surface area contributed by atoms with E-state index in [1.807, 2.05) is 13.8 Å². The number of hydrogen-bond donors (Lipinski definition) is 2. The maximum absolute atomic E-state index is 12.9. The summed E-state index contributed by atoms with van der Waals surface area (Å²) in [6, 6.07) is 4.09. The number of hydrogen-bond acceptors (Lipinski definition) is 3. The number of rotatable bonds is 6. The van der Waals surface area contributed by atoms with Crippen LogP contribution >= 0.6 is 0 Å². The molecule has 1 amide bonds. The molecule has 0 radical (unpaired) electrons. The molecule has 0 aromatic heterocycles. The van der Waals surface area contributed by atoms with Crippen LogP contribution in [-0.4, -0.2) is 18.6 Å².